The molecule has 0 bridgehead atoms. The van der Waals surface area contributed by atoms with Crippen molar-refractivity contribution < 1.29 is 47.6 Å². The first-order valence-corrected chi connectivity index (χ1v) is 17.8. The third kappa shape index (κ3) is 10.3. The molecule has 0 aliphatic heterocycles. The number of fused-ring (bicyclic) bond motifs is 3. The van der Waals surface area contributed by atoms with Crippen LogP contribution in [-0.2, 0) is 28.6 Å². The number of esters is 4. The van der Waals surface area contributed by atoms with Gasteiger partial charge in [-0.3, -0.25) is 4.79 Å². The SMILES string of the molecule is C=C(C)C(=O)OCCOc1ccc2c(c1)C(C)c1cc(OC(=O)c3ccc(OCCCCOC(=O)C(=C)CC(=O)OC4CCCCC4)cc3)ccc1-2. The van der Waals surface area contributed by atoms with E-state index in [1.165, 1.54) is 0 Å². The molecule has 274 valence electrons. The van der Waals surface area contributed by atoms with Crippen molar-refractivity contribution >= 4 is 23.9 Å². The topological polar surface area (TPSA) is 124 Å². The molecule has 3 aromatic carbocycles. The molecule has 2 aliphatic carbocycles. The Labute approximate surface area is 304 Å². The van der Waals surface area contributed by atoms with Crippen LogP contribution in [0.3, 0.4) is 0 Å². The van der Waals surface area contributed by atoms with Gasteiger partial charge >= 0.3 is 23.9 Å². The summed E-state index contributed by atoms with van der Waals surface area (Å²) in [6, 6.07) is 18.2. The van der Waals surface area contributed by atoms with E-state index in [2.05, 4.69) is 20.1 Å². The van der Waals surface area contributed by atoms with Crippen LogP contribution in [-0.4, -0.2) is 56.4 Å². The Bertz CT molecular complexity index is 1780. The van der Waals surface area contributed by atoms with Gasteiger partial charge in [-0.1, -0.05) is 38.6 Å². The highest BCUT2D eigenvalue weighted by Crippen LogP contribution is 2.47. The minimum absolute atomic E-state index is 0.0536. The maximum Gasteiger partial charge on any atom is 0.343 e. The normalized spacial score (nSPS) is 14.7. The van der Waals surface area contributed by atoms with Crippen molar-refractivity contribution in [2.24, 2.45) is 0 Å². The molecule has 3 aromatic rings. The van der Waals surface area contributed by atoms with Gasteiger partial charge in [0.2, 0.25) is 0 Å². The van der Waals surface area contributed by atoms with Gasteiger partial charge in [0, 0.05) is 17.1 Å². The second-order valence-electron chi connectivity index (χ2n) is 13.1. The van der Waals surface area contributed by atoms with E-state index in [1.807, 2.05) is 30.3 Å². The van der Waals surface area contributed by atoms with Gasteiger partial charge in [0.25, 0.3) is 0 Å². The van der Waals surface area contributed by atoms with Crippen LogP contribution in [0.5, 0.6) is 17.2 Å². The Balaban J connectivity index is 1.01. The molecule has 0 aromatic heterocycles. The Morgan fingerprint density at radius 2 is 1.29 bits per heavy atom. The third-order valence-electron chi connectivity index (χ3n) is 9.04. The molecule has 0 amide bonds. The first-order valence-electron chi connectivity index (χ1n) is 17.8. The summed E-state index contributed by atoms with van der Waals surface area (Å²) >= 11 is 0. The van der Waals surface area contributed by atoms with Crippen LogP contribution in [0.25, 0.3) is 11.1 Å². The second kappa shape index (κ2) is 18.2. The highest BCUT2D eigenvalue weighted by atomic mass is 16.6. The molecule has 1 fully saturated rings. The predicted molar refractivity (Wildman–Crippen MR) is 194 cm³/mol. The predicted octanol–water partition coefficient (Wildman–Crippen LogP) is 8.06. The summed E-state index contributed by atoms with van der Waals surface area (Å²) in [5, 5.41) is 0. The van der Waals surface area contributed by atoms with Crippen LogP contribution < -0.4 is 14.2 Å². The van der Waals surface area contributed by atoms with Crippen molar-refractivity contribution in [3.63, 3.8) is 0 Å². The van der Waals surface area contributed by atoms with E-state index in [0.717, 1.165) is 54.4 Å². The Morgan fingerprint density at radius 3 is 1.98 bits per heavy atom. The molecule has 1 atom stereocenters. The molecule has 0 spiro atoms. The van der Waals surface area contributed by atoms with E-state index >= 15 is 0 Å². The zero-order valence-corrected chi connectivity index (χ0v) is 29.9. The minimum atomic E-state index is -0.596. The van der Waals surface area contributed by atoms with Gasteiger partial charge in [-0.05, 0) is 116 Å². The third-order valence-corrected chi connectivity index (χ3v) is 9.04. The van der Waals surface area contributed by atoms with Crippen LogP contribution in [0.4, 0.5) is 0 Å². The van der Waals surface area contributed by atoms with Crippen molar-refractivity contribution in [3.05, 3.63) is 102 Å². The molecule has 0 saturated heterocycles. The Kier molecular flexibility index (Phi) is 13.3. The number of carbonyl (C=O) groups is 4. The lowest BCUT2D eigenvalue weighted by molar-refractivity contribution is -0.151. The fourth-order valence-electron chi connectivity index (χ4n) is 6.20. The van der Waals surface area contributed by atoms with Gasteiger partial charge < -0.3 is 28.4 Å². The van der Waals surface area contributed by atoms with Gasteiger partial charge in [-0.2, -0.15) is 0 Å². The van der Waals surface area contributed by atoms with Gasteiger partial charge in [-0.15, -0.1) is 0 Å². The molecule has 0 heterocycles. The van der Waals surface area contributed by atoms with E-state index in [-0.39, 0.29) is 43.8 Å². The molecule has 0 radical (unpaired) electrons. The van der Waals surface area contributed by atoms with Crippen LogP contribution in [0.15, 0.2) is 85.0 Å². The van der Waals surface area contributed by atoms with Crippen LogP contribution >= 0.6 is 0 Å². The summed E-state index contributed by atoms with van der Waals surface area (Å²) in [5.41, 5.74) is 5.12. The maximum absolute atomic E-state index is 13.0. The van der Waals surface area contributed by atoms with Crippen LogP contribution in [0.2, 0.25) is 0 Å². The number of hydrogen-bond donors (Lipinski definition) is 0. The molecule has 52 heavy (non-hydrogen) atoms. The van der Waals surface area contributed by atoms with Gasteiger partial charge in [0.05, 0.1) is 25.2 Å². The highest BCUT2D eigenvalue weighted by molar-refractivity contribution is 5.93. The van der Waals surface area contributed by atoms with Crippen molar-refractivity contribution in [3.8, 4) is 28.4 Å². The molecule has 2 aliphatic rings. The molecule has 5 rings (SSSR count). The van der Waals surface area contributed by atoms with E-state index in [1.54, 1.807) is 37.3 Å². The van der Waals surface area contributed by atoms with E-state index in [0.29, 0.717) is 47.8 Å². The largest absolute Gasteiger partial charge is 0.494 e. The van der Waals surface area contributed by atoms with Crippen molar-refractivity contribution in [1.29, 1.82) is 0 Å². The average molecular weight is 711 g/mol. The van der Waals surface area contributed by atoms with E-state index < -0.39 is 23.9 Å². The monoisotopic (exact) mass is 710 g/mol. The van der Waals surface area contributed by atoms with Crippen molar-refractivity contribution in [2.45, 2.75) is 77.2 Å². The number of ether oxygens (including phenoxy) is 6. The summed E-state index contributed by atoms with van der Waals surface area (Å²) in [7, 11) is 0. The number of hydrogen-bond acceptors (Lipinski definition) is 10. The quantitative estimate of drug-likeness (QED) is 0.0447. The lowest BCUT2D eigenvalue weighted by Gasteiger charge is -2.21. The standard InChI is InChI=1S/C42H46O10/c1-27(2)40(44)50-23-22-48-33-16-18-35-36-19-17-34(26-38(36)29(4)37(35)25-33)52-42(46)30-12-14-31(15-13-30)47-20-8-9-21-49-41(45)28(3)24-39(43)51-32-10-6-5-7-11-32/h12-19,25-26,29,32H,1,3,5-11,20-24H2,2,4H3. The lowest BCUT2D eigenvalue weighted by atomic mass is 9.98. The summed E-state index contributed by atoms with van der Waals surface area (Å²) in [6.07, 6.45) is 5.99. The fraction of sp³-hybridized carbons (Fsp3) is 0.381. The minimum Gasteiger partial charge on any atom is -0.494 e. The smallest absolute Gasteiger partial charge is 0.343 e. The first kappa shape index (κ1) is 37.9. The number of unbranched alkanes of at least 4 members (excludes halogenated alkanes) is 1. The first-order chi connectivity index (χ1) is 25.1. The molecular formula is C42H46O10. The molecular weight excluding hydrogens is 664 g/mol. The number of carbonyl (C=O) groups excluding carboxylic acids is 4. The highest BCUT2D eigenvalue weighted by Gasteiger charge is 2.27. The van der Waals surface area contributed by atoms with Gasteiger partial charge in [0.1, 0.15) is 36.6 Å². The Morgan fingerprint density at radius 1 is 0.692 bits per heavy atom. The summed E-state index contributed by atoms with van der Waals surface area (Å²) in [6.45, 7) is 11.9. The molecule has 10 nitrogen and oxygen atoms in total. The summed E-state index contributed by atoms with van der Waals surface area (Å²) < 4.78 is 33.1. The van der Waals surface area contributed by atoms with Gasteiger partial charge in [0.15, 0.2) is 0 Å². The van der Waals surface area contributed by atoms with Gasteiger partial charge in [-0.25, -0.2) is 14.4 Å². The summed E-state index contributed by atoms with van der Waals surface area (Å²) in [4.78, 5) is 48.9. The molecule has 10 heteroatoms. The van der Waals surface area contributed by atoms with Crippen molar-refractivity contribution in [2.75, 3.05) is 26.4 Å². The van der Waals surface area contributed by atoms with Crippen molar-refractivity contribution in [1.82, 2.24) is 0 Å². The van der Waals surface area contributed by atoms with E-state index in [9.17, 15) is 19.2 Å². The average Bonchev–Trinajstić information content (AvgIpc) is 3.41. The fourth-order valence-corrected chi connectivity index (χ4v) is 6.20. The maximum atomic E-state index is 13.0. The second-order valence-corrected chi connectivity index (χ2v) is 13.1. The molecule has 0 N–H and O–H groups in total. The summed E-state index contributed by atoms with van der Waals surface area (Å²) in [5.74, 6) is -0.185. The molecule has 1 unspecified atom stereocenters. The number of benzene rings is 3. The zero-order valence-electron chi connectivity index (χ0n) is 29.9. The number of rotatable bonds is 17. The zero-order chi connectivity index (χ0) is 37.0. The lowest BCUT2D eigenvalue weighted by Crippen LogP contribution is -2.22. The van der Waals surface area contributed by atoms with Crippen LogP contribution in [0.1, 0.15) is 92.6 Å². The Hall–Kier alpha value is -5.38. The van der Waals surface area contributed by atoms with Crippen LogP contribution in [0, 0.1) is 0 Å². The molecule has 1 saturated carbocycles. The van der Waals surface area contributed by atoms with E-state index in [4.69, 9.17) is 28.4 Å².